The largest absolute Gasteiger partial charge is 0.462 e. The summed E-state index contributed by atoms with van der Waals surface area (Å²) in [5, 5.41) is 0.0697. The third-order valence-electron chi connectivity index (χ3n) is 4.85. The van der Waals surface area contributed by atoms with Crippen LogP contribution in [0, 0.1) is 0 Å². The Labute approximate surface area is 199 Å². The van der Waals surface area contributed by atoms with Crippen LogP contribution in [-0.2, 0) is 21.3 Å². The highest BCUT2D eigenvalue weighted by Gasteiger charge is 2.19. The van der Waals surface area contributed by atoms with E-state index < -0.39 is 16.0 Å². The van der Waals surface area contributed by atoms with Gasteiger partial charge < -0.3 is 4.74 Å². The Morgan fingerprint density at radius 3 is 2.55 bits per heavy atom. The molecule has 0 aliphatic heterocycles. The summed E-state index contributed by atoms with van der Waals surface area (Å²) < 4.78 is 35.4. The van der Waals surface area contributed by atoms with Crippen molar-refractivity contribution in [1.29, 1.82) is 0 Å². The van der Waals surface area contributed by atoms with Gasteiger partial charge in [-0.3, -0.25) is 14.1 Å². The van der Waals surface area contributed by atoms with Crippen molar-refractivity contribution in [2.24, 2.45) is 0 Å². The molecule has 4 aromatic rings. The Bertz CT molecular complexity index is 1490. The molecule has 4 rings (SSSR count). The molecule has 7 nitrogen and oxygen atoms in total. The number of anilines is 1. The Morgan fingerprint density at radius 2 is 1.85 bits per heavy atom. The number of fused-ring (bicyclic) bond motifs is 1. The van der Waals surface area contributed by atoms with Crippen molar-refractivity contribution in [2.75, 3.05) is 11.3 Å². The SMILES string of the molecule is CCOC(=O)c1ccc(NS(=O)(=O)c2ccc3c(c2)sc(=O)n3Cc2ccccc2)cc1Cl. The summed E-state index contributed by atoms with van der Waals surface area (Å²) in [7, 11) is -3.96. The van der Waals surface area contributed by atoms with Crippen molar-refractivity contribution in [2.45, 2.75) is 18.4 Å². The number of aromatic nitrogens is 1. The molecule has 0 atom stereocenters. The molecule has 0 aliphatic carbocycles. The van der Waals surface area contributed by atoms with E-state index in [0.29, 0.717) is 16.8 Å². The van der Waals surface area contributed by atoms with E-state index in [1.165, 1.54) is 30.3 Å². The quantitative estimate of drug-likeness (QED) is 0.368. The van der Waals surface area contributed by atoms with Crippen LogP contribution in [-0.4, -0.2) is 25.6 Å². The Balaban J connectivity index is 1.61. The second-order valence-electron chi connectivity index (χ2n) is 7.09. The summed E-state index contributed by atoms with van der Waals surface area (Å²) in [6.45, 7) is 2.28. The monoisotopic (exact) mass is 502 g/mol. The first kappa shape index (κ1) is 23.0. The third-order valence-corrected chi connectivity index (χ3v) is 7.48. The highest BCUT2D eigenvalue weighted by molar-refractivity contribution is 7.92. The molecule has 3 aromatic carbocycles. The van der Waals surface area contributed by atoms with Crippen molar-refractivity contribution in [3.8, 4) is 0 Å². The van der Waals surface area contributed by atoms with Crippen LogP contribution in [0.25, 0.3) is 10.2 Å². The molecule has 0 bridgehead atoms. The Morgan fingerprint density at radius 1 is 1.09 bits per heavy atom. The number of carbonyl (C=O) groups is 1. The first-order valence-corrected chi connectivity index (χ1v) is 12.6. The fourth-order valence-electron chi connectivity index (χ4n) is 3.30. The van der Waals surface area contributed by atoms with Gasteiger partial charge in [-0.25, -0.2) is 13.2 Å². The molecule has 0 radical (unpaired) electrons. The predicted octanol–water partition coefficient (Wildman–Crippen LogP) is 4.74. The van der Waals surface area contributed by atoms with Gasteiger partial charge >= 0.3 is 10.8 Å². The maximum atomic E-state index is 12.9. The lowest BCUT2D eigenvalue weighted by molar-refractivity contribution is 0.0526. The maximum Gasteiger partial charge on any atom is 0.339 e. The van der Waals surface area contributed by atoms with Gasteiger partial charge in [0, 0.05) is 0 Å². The molecule has 0 fully saturated rings. The van der Waals surface area contributed by atoms with E-state index in [1.807, 2.05) is 30.3 Å². The van der Waals surface area contributed by atoms with Crippen molar-refractivity contribution >= 4 is 54.8 Å². The molecule has 1 aromatic heterocycles. The minimum Gasteiger partial charge on any atom is -0.462 e. The Hall–Kier alpha value is -3.14. The molecular formula is C23H19ClN2O5S2. The van der Waals surface area contributed by atoms with Crippen molar-refractivity contribution < 1.29 is 17.9 Å². The van der Waals surface area contributed by atoms with Gasteiger partial charge in [0.15, 0.2) is 0 Å². The fourth-order valence-corrected chi connectivity index (χ4v) is 5.63. The highest BCUT2D eigenvalue weighted by Crippen LogP contribution is 2.26. The number of thiazole rings is 1. The number of hydrogen-bond donors (Lipinski definition) is 1. The lowest BCUT2D eigenvalue weighted by Gasteiger charge is -2.11. The van der Waals surface area contributed by atoms with Crippen molar-refractivity contribution in [3.05, 3.63) is 92.5 Å². The van der Waals surface area contributed by atoms with E-state index in [4.69, 9.17) is 16.3 Å². The highest BCUT2D eigenvalue weighted by atomic mass is 35.5. The molecule has 0 unspecified atom stereocenters. The van der Waals surface area contributed by atoms with E-state index in [0.717, 1.165) is 16.9 Å². The van der Waals surface area contributed by atoms with Gasteiger partial charge in [-0.05, 0) is 48.9 Å². The average Bonchev–Trinajstić information content (AvgIpc) is 3.08. The minimum absolute atomic E-state index is 0.00806. The normalized spacial score (nSPS) is 11.5. The van der Waals surface area contributed by atoms with Crippen LogP contribution in [0.4, 0.5) is 5.69 Å². The molecule has 0 saturated carbocycles. The van der Waals surface area contributed by atoms with Gasteiger partial charge in [0.25, 0.3) is 10.0 Å². The summed E-state index contributed by atoms with van der Waals surface area (Å²) >= 11 is 7.12. The zero-order valence-electron chi connectivity index (χ0n) is 17.4. The summed E-state index contributed by atoms with van der Waals surface area (Å²) in [6, 6.07) is 18.3. The smallest absolute Gasteiger partial charge is 0.339 e. The molecule has 1 N–H and O–H groups in total. The standard InChI is InChI=1S/C23H19ClN2O5S2/c1-2-31-22(27)18-10-8-16(12-19(18)24)25-33(29,30)17-9-11-20-21(13-17)32-23(28)26(20)14-15-6-4-3-5-7-15/h3-13,25H,2,14H2,1H3. The summed E-state index contributed by atoms with van der Waals surface area (Å²) in [5.41, 5.74) is 1.98. The molecule has 0 saturated heterocycles. The summed E-state index contributed by atoms with van der Waals surface area (Å²) in [6.07, 6.45) is 0. The lowest BCUT2D eigenvalue weighted by atomic mass is 10.2. The molecular weight excluding hydrogens is 484 g/mol. The zero-order chi connectivity index (χ0) is 23.6. The number of benzene rings is 3. The number of sulfonamides is 1. The maximum absolute atomic E-state index is 12.9. The van der Waals surface area contributed by atoms with Crippen LogP contribution >= 0.6 is 22.9 Å². The molecule has 33 heavy (non-hydrogen) atoms. The number of rotatable bonds is 7. The Kier molecular flexibility index (Phi) is 6.55. The van der Waals surface area contributed by atoms with Crippen LogP contribution in [0.2, 0.25) is 5.02 Å². The van der Waals surface area contributed by atoms with Gasteiger partial charge in [-0.2, -0.15) is 0 Å². The second-order valence-corrected chi connectivity index (χ2v) is 10.2. The fraction of sp³-hybridized carbons (Fsp3) is 0.130. The van der Waals surface area contributed by atoms with Gasteiger partial charge in [0.2, 0.25) is 0 Å². The minimum atomic E-state index is -3.96. The number of hydrogen-bond acceptors (Lipinski definition) is 6. The number of nitrogens with zero attached hydrogens (tertiary/aromatic N) is 1. The van der Waals surface area contributed by atoms with Crippen LogP contribution in [0.3, 0.4) is 0 Å². The summed E-state index contributed by atoms with van der Waals surface area (Å²) in [4.78, 5) is 24.3. The van der Waals surface area contributed by atoms with Crippen molar-refractivity contribution in [3.63, 3.8) is 0 Å². The lowest BCUT2D eigenvalue weighted by Crippen LogP contribution is -2.14. The number of nitrogens with one attached hydrogen (secondary N) is 1. The molecule has 0 spiro atoms. The number of esters is 1. The van der Waals surface area contributed by atoms with Crippen LogP contribution in [0.1, 0.15) is 22.8 Å². The second kappa shape index (κ2) is 9.38. The number of halogens is 1. The number of carbonyl (C=O) groups excluding carboxylic acids is 1. The third kappa shape index (κ3) is 4.95. The van der Waals surface area contributed by atoms with Crippen LogP contribution < -0.4 is 9.60 Å². The van der Waals surface area contributed by atoms with Crippen LogP contribution in [0.5, 0.6) is 0 Å². The summed E-state index contributed by atoms with van der Waals surface area (Å²) in [5.74, 6) is -0.586. The molecule has 10 heteroatoms. The van der Waals surface area contributed by atoms with Gasteiger partial charge in [0.05, 0.1) is 44.5 Å². The molecule has 0 amide bonds. The first-order chi connectivity index (χ1) is 15.8. The van der Waals surface area contributed by atoms with Gasteiger partial charge in [-0.1, -0.05) is 53.3 Å². The number of ether oxygens (including phenoxy) is 1. The molecule has 1 heterocycles. The predicted molar refractivity (Wildman–Crippen MR) is 130 cm³/mol. The molecule has 170 valence electrons. The van der Waals surface area contributed by atoms with Crippen molar-refractivity contribution in [1.82, 2.24) is 4.57 Å². The van der Waals surface area contributed by atoms with Gasteiger partial charge in [0.1, 0.15) is 0 Å². The topological polar surface area (TPSA) is 94.5 Å². The average molecular weight is 503 g/mol. The van der Waals surface area contributed by atoms with E-state index in [1.54, 1.807) is 17.6 Å². The van der Waals surface area contributed by atoms with E-state index >= 15 is 0 Å². The zero-order valence-corrected chi connectivity index (χ0v) is 19.8. The van der Waals surface area contributed by atoms with Crippen LogP contribution in [0.15, 0.2) is 76.4 Å². The first-order valence-electron chi connectivity index (χ1n) is 9.95. The van der Waals surface area contributed by atoms with Gasteiger partial charge in [-0.15, -0.1) is 0 Å². The van der Waals surface area contributed by atoms with E-state index in [9.17, 15) is 18.0 Å². The van der Waals surface area contributed by atoms with E-state index in [-0.39, 0.29) is 32.6 Å². The van der Waals surface area contributed by atoms with E-state index in [2.05, 4.69) is 4.72 Å². The molecule has 0 aliphatic rings.